The fourth-order valence-corrected chi connectivity index (χ4v) is 2.32. The van der Waals surface area contributed by atoms with E-state index in [2.05, 4.69) is 41.1 Å². The summed E-state index contributed by atoms with van der Waals surface area (Å²) in [7, 11) is 2.19. The lowest BCUT2D eigenvalue weighted by molar-refractivity contribution is 0.124. The zero-order valence-electron chi connectivity index (χ0n) is 9.86. The van der Waals surface area contributed by atoms with Crippen LogP contribution >= 0.6 is 0 Å². The molecule has 2 rings (SSSR count). The molecule has 1 heterocycles. The van der Waals surface area contributed by atoms with E-state index in [-0.39, 0.29) is 0 Å². The Balaban J connectivity index is 1.98. The standard InChI is InChI=1S/C13H20N2O/c1-15-8-6-13(7-9-15)12-4-2-11(3-5-12)10-16-14/h2-5,13H,6-10,14H2,1H3. The Hall–Kier alpha value is -0.900. The van der Waals surface area contributed by atoms with E-state index >= 15 is 0 Å². The summed E-state index contributed by atoms with van der Waals surface area (Å²) in [6.45, 7) is 2.91. The molecule has 1 fully saturated rings. The molecular formula is C13H20N2O. The molecule has 2 N–H and O–H groups in total. The molecule has 0 bridgehead atoms. The topological polar surface area (TPSA) is 38.5 Å². The lowest BCUT2D eigenvalue weighted by Crippen LogP contribution is -2.29. The predicted molar refractivity (Wildman–Crippen MR) is 64.9 cm³/mol. The van der Waals surface area contributed by atoms with Crippen molar-refractivity contribution in [1.82, 2.24) is 4.90 Å². The third kappa shape index (κ3) is 2.82. The highest BCUT2D eigenvalue weighted by molar-refractivity contribution is 5.25. The molecule has 1 aliphatic heterocycles. The molecule has 88 valence electrons. The van der Waals surface area contributed by atoms with Crippen molar-refractivity contribution >= 4 is 0 Å². The van der Waals surface area contributed by atoms with Gasteiger partial charge in [0.2, 0.25) is 0 Å². The van der Waals surface area contributed by atoms with Gasteiger partial charge < -0.3 is 4.90 Å². The number of nitrogens with two attached hydrogens (primary N) is 1. The quantitative estimate of drug-likeness (QED) is 0.790. The molecule has 16 heavy (non-hydrogen) atoms. The van der Waals surface area contributed by atoms with Crippen LogP contribution in [0.5, 0.6) is 0 Å². The van der Waals surface area contributed by atoms with Crippen LogP contribution in [0.4, 0.5) is 0 Å². The summed E-state index contributed by atoms with van der Waals surface area (Å²) >= 11 is 0. The second-order valence-corrected chi connectivity index (χ2v) is 4.63. The average Bonchev–Trinajstić information content (AvgIpc) is 2.32. The van der Waals surface area contributed by atoms with Crippen LogP contribution in [0, 0.1) is 0 Å². The van der Waals surface area contributed by atoms with Crippen molar-refractivity contribution in [2.45, 2.75) is 25.4 Å². The van der Waals surface area contributed by atoms with Crippen molar-refractivity contribution in [1.29, 1.82) is 0 Å². The van der Waals surface area contributed by atoms with Gasteiger partial charge in [0.05, 0.1) is 6.61 Å². The van der Waals surface area contributed by atoms with Gasteiger partial charge in [-0.1, -0.05) is 24.3 Å². The van der Waals surface area contributed by atoms with Gasteiger partial charge in [-0.05, 0) is 50.0 Å². The molecule has 0 spiro atoms. The molecule has 3 heteroatoms. The SMILES string of the molecule is CN1CCC(c2ccc(CON)cc2)CC1. The first kappa shape index (κ1) is 11.6. The lowest BCUT2D eigenvalue weighted by Gasteiger charge is -2.29. The van der Waals surface area contributed by atoms with Crippen molar-refractivity contribution in [3.63, 3.8) is 0 Å². The molecule has 0 saturated carbocycles. The molecule has 1 aromatic carbocycles. The molecule has 0 aliphatic carbocycles. The van der Waals surface area contributed by atoms with E-state index in [1.807, 2.05) is 0 Å². The van der Waals surface area contributed by atoms with Gasteiger partial charge in [0.15, 0.2) is 0 Å². The number of nitrogens with zero attached hydrogens (tertiary/aromatic N) is 1. The summed E-state index contributed by atoms with van der Waals surface area (Å²) in [5.74, 6) is 5.78. The number of hydrogen-bond acceptors (Lipinski definition) is 3. The van der Waals surface area contributed by atoms with Gasteiger partial charge in [0.1, 0.15) is 0 Å². The Bertz CT molecular complexity index is 315. The summed E-state index contributed by atoms with van der Waals surface area (Å²) in [5.41, 5.74) is 2.59. The van der Waals surface area contributed by atoms with Crippen LogP contribution in [0.15, 0.2) is 24.3 Å². The molecule has 0 radical (unpaired) electrons. The van der Waals surface area contributed by atoms with Crippen LogP contribution in [0.2, 0.25) is 0 Å². The molecular weight excluding hydrogens is 200 g/mol. The fourth-order valence-electron chi connectivity index (χ4n) is 2.32. The van der Waals surface area contributed by atoms with E-state index in [9.17, 15) is 0 Å². The highest BCUT2D eigenvalue weighted by Crippen LogP contribution is 2.27. The van der Waals surface area contributed by atoms with Gasteiger partial charge >= 0.3 is 0 Å². The Morgan fingerprint density at radius 2 is 1.88 bits per heavy atom. The molecule has 1 saturated heterocycles. The molecule has 0 unspecified atom stereocenters. The Morgan fingerprint density at radius 1 is 1.25 bits per heavy atom. The first-order valence-corrected chi connectivity index (χ1v) is 5.88. The summed E-state index contributed by atoms with van der Waals surface area (Å²) in [6, 6.07) is 8.65. The van der Waals surface area contributed by atoms with Gasteiger partial charge in [-0.2, -0.15) is 0 Å². The van der Waals surface area contributed by atoms with Crippen molar-refractivity contribution in [2.24, 2.45) is 5.90 Å². The predicted octanol–water partition coefficient (Wildman–Crippen LogP) is 1.89. The van der Waals surface area contributed by atoms with E-state index in [4.69, 9.17) is 5.90 Å². The van der Waals surface area contributed by atoms with Crippen LogP contribution < -0.4 is 5.90 Å². The third-order valence-corrected chi connectivity index (χ3v) is 3.42. The Kier molecular flexibility index (Phi) is 3.93. The zero-order valence-corrected chi connectivity index (χ0v) is 9.86. The van der Waals surface area contributed by atoms with E-state index in [1.165, 1.54) is 31.5 Å². The minimum atomic E-state index is 0.494. The van der Waals surface area contributed by atoms with Gasteiger partial charge in [-0.3, -0.25) is 4.84 Å². The summed E-state index contributed by atoms with van der Waals surface area (Å²) in [6.07, 6.45) is 2.53. The van der Waals surface area contributed by atoms with Crippen molar-refractivity contribution in [3.8, 4) is 0 Å². The maximum Gasteiger partial charge on any atom is 0.0930 e. The Morgan fingerprint density at radius 3 is 2.44 bits per heavy atom. The number of hydrogen-bond donors (Lipinski definition) is 1. The number of piperidine rings is 1. The van der Waals surface area contributed by atoms with Gasteiger partial charge in [0, 0.05) is 0 Å². The number of rotatable bonds is 3. The van der Waals surface area contributed by atoms with Crippen molar-refractivity contribution < 1.29 is 4.84 Å². The van der Waals surface area contributed by atoms with E-state index < -0.39 is 0 Å². The van der Waals surface area contributed by atoms with E-state index in [0.717, 1.165) is 11.5 Å². The van der Waals surface area contributed by atoms with Crippen LogP contribution in [0.3, 0.4) is 0 Å². The van der Waals surface area contributed by atoms with Crippen LogP contribution in [-0.4, -0.2) is 25.0 Å². The number of benzene rings is 1. The highest BCUT2D eigenvalue weighted by Gasteiger charge is 2.17. The van der Waals surface area contributed by atoms with Gasteiger partial charge in [0.25, 0.3) is 0 Å². The zero-order chi connectivity index (χ0) is 11.4. The lowest BCUT2D eigenvalue weighted by atomic mass is 9.89. The Labute approximate surface area is 97.1 Å². The minimum absolute atomic E-state index is 0.494. The summed E-state index contributed by atoms with van der Waals surface area (Å²) in [4.78, 5) is 7.02. The van der Waals surface area contributed by atoms with Crippen molar-refractivity contribution in [2.75, 3.05) is 20.1 Å². The van der Waals surface area contributed by atoms with E-state index in [0.29, 0.717) is 6.61 Å². The summed E-state index contributed by atoms with van der Waals surface area (Å²) in [5, 5.41) is 0. The molecule has 3 nitrogen and oxygen atoms in total. The maximum atomic E-state index is 5.05. The van der Waals surface area contributed by atoms with Gasteiger partial charge in [-0.25, -0.2) is 5.90 Å². The first-order chi connectivity index (χ1) is 7.79. The highest BCUT2D eigenvalue weighted by atomic mass is 16.6. The third-order valence-electron chi connectivity index (χ3n) is 3.42. The monoisotopic (exact) mass is 220 g/mol. The number of likely N-dealkylation sites (tertiary alicyclic amines) is 1. The molecule has 1 aliphatic rings. The second kappa shape index (κ2) is 5.43. The van der Waals surface area contributed by atoms with Crippen LogP contribution in [-0.2, 0) is 11.4 Å². The summed E-state index contributed by atoms with van der Waals surface area (Å²) < 4.78 is 0. The second-order valence-electron chi connectivity index (χ2n) is 4.63. The largest absolute Gasteiger partial charge is 0.306 e. The van der Waals surface area contributed by atoms with E-state index in [1.54, 1.807) is 0 Å². The van der Waals surface area contributed by atoms with Crippen LogP contribution in [0.1, 0.15) is 29.9 Å². The first-order valence-electron chi connectivity index (χ1n) is 5.88. The van der Waals surface area contributed by atoms with Crippen molar-refractivity contribution in [3.05, 3.63) is 35.4 Å². The normalized spacial score (nSPS) is 18.9. The smallest absolute Gasteiger partial charge is 0.0930 e. The van der Waals surface area contributed by atoms with Crippen LogP contribution in [0.25, 0.3) is 0 Å². The minimum Gasteiger partial charge on any atom is -0.306 e. The average molecular weight is 220 g/mol. The molecule has 1 aromatic rings. The molecule has 0 aromatic heterocycles. The fraction of sp³-hybridized carbons (Fsp3) is 0.538. The molecule has 0 amide bonds. The maximum absolute atomic E-state index is 5.05. The molecule has 0 atom stereocenters. The van der Waals surface area contributed by atoms with Gasteiger partial charge in [-0.15, -0.1) is 0 Å².